The molecule has 2 aliphatic rings. The Balaban J connectivity index is 2.19. The van der Waals surface area contributed by atoms with Crippen LogP contribution in [0.3, 0.4) is 0 Å². The minimum absolute atomic E-state index is 0.377. The van der Waals surface area contributed by atoms with Crippen molar-refractivity contribution in [3.8, 4) is 6.07 Å². The van der Waals surface area contributed by atoms with Crippen molar-refractivity contribution < 1.29 is 9.84 Å². The predicted molar refractivity (Wildman–Crippen MR) is 55.2 cm³/mol. The van der Waals surface area contributed by atoms with E-state index in [4.69, 9.17) is 4.74 Å². The molecule has 0 bridgehead atoms. The Labute approximate surface area is 90.2 Å². The van der Waals surface area contributed by atoms with Crippen LogP contribution < -0.4 is 5.32 Å². The van der Waals surface area contributed by atoms with Gasteiger partial charge in [-0.1, -0.05) is 0 Å². The predicted octanol–water partition coefficient (Wildman–Crippen LogP) is 0.421. The van der Waals surface area contributed by atoms with Crippen LogP contribution in [-0.4, -0.2) is 37.0 Å². The SMILES string of the molecule is N#CC1(C2(O)CCCNC2)CCCOC1. The average molecular weight is 210 g/mol. The molecule has 0 aromatic carbocycles. The molecule has 0 radical (unpaired) electrons. The molecule has 2 fully saturated rings. The van der Waals surface area contributed by atoms with Gasteiger partial charge in [-0.25, -0.2) is 0 Å². The van der Waals surface area contributed by atoms with Crippen molar-refractivity contribution in [2.24, 2.45) is 5.41 Å². The molecule has 2 atom stereocenters. The van der Waals surface area contributed by atoms with E-state index >= 15 is 0 Å². The molecule has 2 N–H and O–H groups in total. The van der Waals surface area contributed by atoms with E-state index in [0.29, 0.717) is 26.2 Å². The van der Waals surface area contributed by atoms with Gasteiger partial charge < -0.3 is 15.2 Å². The highest BCUT2D eigenvalue weighted by molar-refractivity contribution is 5.14. The van der Waals surface area contributed by atoms with Crippen LogP contribution in [-0.2, 0) is 4.74 Å². The van der Waals surface area contributed by atoms with E-state index in [1.165, 1.54) is 0 Å². The van der Waals surface area contributed by atoms with Crippen LogP contribution in [0.25, 0.3) is 0 Å². The topological polar surface area (TPSA) is 65.3 Å². The second kappa shape index (κ2) is 4.09. The normalized spacial score (nSPS) is 42.1. The lowest BCUT2D eigenvalue weighted by Crippen LogP contribution is -2.59. The van der Waals surface area contributed by atoms with Gasteiger partial charge in [0.15, 0.2) is 0 Å². The molecule has 2 heterocycles. The summed E-state index contributed by atoms with van der Waals surface area (Å²) in [6.45, 7) is 2.54. The quantitative estimate of drug-likeness (QED) is 0.658. The fourth-order valence-electron chi connectivity index (χ4n) is 2.65. The molecule has 2 saturated heterocycles. The zero-order valence-corrected chi connectivity index (χ0v) is 8.96. The van der Waals surface area contributed by atoms with Crippen LogP contribution in [0.2, 0.25) is 0 Å². The number of piperidine rings is 1. The second-order valence-electron chi connectivity index (χ2n) is 4.66. The minimum Gasteiger partial charge on any atom is -0.387 e. The molecule has 0 saturated carbocycles. The third-order valence-corrected chi connectivity index (χ3v) is 3.71. The molecule has 15 heavy (non-hydrogen) atoms. The maximum atomic E-state index is 10.6. The average Bonchev–Trinajstić information content (AvgIpc) is 2.31. The van der Waals surface area contributed by atoms with E-state index in [1.807, 2.05) is 0 Å². The van der Waals surface area contributed by atoms with Crippen molar-refractivity contribution >= 4 is 0 Å². The third-order valence-electron chi connectivity index (χ3n) is 3.71. The van der Waals surface area contributed by atoms with Gasteiger partial charge in [-0.15, -0.1) is 0 Å². The largest absolute Gasteiger partial charge is 0.387 e. The van der Waals surface area contributed by atoms with Crippen molar-refractivity contribution in [1.29, 1.82) is 5.26 Å². The van der Waals surface area contributed by atoms with Gasteiger partial charge in [0, 0.05) is 13.2 Å². The number of nitriles is 1. The number of nitrogens with one attached hydrogen (secondary N) is 1. The van der Waals surface area contributed by atoms with Gasteiger partial charge in [-0.05, 0) is 32.2 Å². The maximum Gasteiger partial charge on any atom is 0.110 e. The molecule has 4 heteroatoms. The number of hydrogen-bond acceptors (Lipinski definition) is 4. The Morgan fingerprint density at radius 1 is 1.33 bits per heavy atom. The zero-order chi connectivity index (χ0) is 10.8. The summed E-state index contributed by atoms with van der Waals surface area (Å²) in [5, 5.41) is 23.1. The Morgan fingerprint density at radius 2 is 2.20 bits per heavy atom. The van der Waals surface area contributed by atoms with E-state index in [0.717, 1.165) is 25.8 Å². The van der Waals surface area contributed by atoms with Crippen molar-refractivity contribution in [2.45, 2.75) is 31.3 Å². The standard InChI is InChI=1S/C11H18N2O2/c12-7-10(3-2-6-15-9-10)11(14)4-1-5-13-8-11/h13-14H,1-6,8-9H2. The van der Waals surface area contributed by atoms with Crippen LogP contribution >= 0.6 is 0 Å². The molecule has 0 amide bonds. The Kier molecular flexibility index (Phi) is 2.96. The summed E-state index contributed by atoms with van der Waals surface area (Å²) in [4.78, 5) is 0. The lowest BCUT2D eigenvalue weighted by molar-refractivity contribution is -0.127. The van der Waals surface area contributed by atoms with Gasteiger partial charge in [0.1, 0.15) is 5.41 Å². The number of β-amino-alcohol motifs (C(OH)–C–C–N with tert-alkyl or cyclic N) is 1. The Bertz CT molecular complexity index is 260. The summed E-state index contributed by atoms with van der Waals surface area (Å²) in [5.74, 6) is 0. The lowest BCUT2D eigenvalue weighted by atomic mass is 9.66. The van der Waals surface area contributed by atoms with Crippen LogP contribution in [0.1, 0.15) is 25.7 Å². The van der Waals surface area contributed by atoms with E-state index < -0.39 is 11.0 Å². The Morgan fingerprint density at radius 3 is 2.73 bits per heavy atom. The molecule has 0 aliphatic carbocycles. The second-order valence-corrected chi connectivity index (χ2v) is 4.66. The number of ether oxygens (including phenoxy) is 1. The van der Waals surface area contributed by atoms with Gasteiger partial charge in [0.05, 0.1) is 18.3 Å². The molecule has 4 nitrogen and oxygen atoms in total. The highest BCUT2D eigenvalue weighted by Gasteiger charge is 2.52. The van der Waals surface area contributed by atoms with Gasteiger partial charge in [-0.3, -0.25) is 0 Å². The first-order chi connectivity index (χ1) is 7.22. The van der Waals surface area contributed by atoms with Crippen LogP contribution in [0, 0.1) is 16.7 Å². The van der Waals surface area contributed by atoms with Crippen LogP contribution in [0.4, 0.5) is 0 Å². The first-order valence-corrected chi connectivity index (χ1v) is 5.65. The summed E-state index contributed by atoms with van der Waals surface area (Å²) < 4.78 is 5.38. The number of aliphatic hydroxyl groups is 1. The summed E-state index contributed by atoms with van der Waals surface area (Å²) in [5.41, 5.74) is -1.60. The minimum atomic E-state index is -0.902. The van der Waals surface area contributed by atoms with E-state index in [1.54, 1.807) is 0 Å². The monoisotopic (exact) mass is 210 g/mol. The van der Waals surface area contributed by atoms with Crippen LogP contribution in [0.5, 0.6) is 0 Å². The molecule has 0 aromatic rings. The summed E-state index contributed by atoms with van der Waals surface area (Å²) in [7, 11) is 0. The maximum absolute atomic E-state index is 10.6. The van der Waals surface area contributed by atoms with Crippen molar-refractivity contribution in [2.75, 3.05) is 26.3 Å². The molecule has 2 unspecified atom stereocenters. The van der Waals surface area contributed by atoms with Crippen LogP contribution in [0.15, 0.2) is 0 Å². The third kappa shape index (κ3) is 1.76. The van der Waals surface area contributed by atoms with E-state index in [-0.39, 0.29) is 0 Å². The molecule has 0 spiro atoms. The van der Waals surface area contributed by atoms with E-state index in [9.17, 15) is 10.4 Å². The molecule has 2 aliphatic heterocycles. The smallest absolute Gasteiger partial charge is 0.110 e. The first kappa shape index (κ1) is 10.9. The fourth-order valence-corrected chi connectivity index (χ4v) is 2.65. The number of nitrogens with zero attached hydrogens (tertiary/aromatic N) is 1. The van der Waals surface area contributed by atoms with Crippen molar-refractivity contribution in [1.82, 2.24) is 5.32 Å². The summed E-state index contributed by atoms with van der Waals surface area (Å²) in [6, 6.07) is 2.31. The molecular weight excluding hydrogens is 192 g/mol. The van der Waals surface area contributed by atoms with Crippen molar-refractivity contribution in [3.63, 3.8) is 0 Å². The zero-order valence-electron chi connectivity index (χ0n) is 8.96. The van der Waals surface area contributed by atoms with Crippen molar-refractivity contribution in [3.05, 3.63) is 0 Å². The van der Waals surface area contributed by atoms with Gasteiger partial charge in [-0.2, -0.15) is 5.26 Å². The number of rotatable bonds is 1. The highest BCUT2D eigenvalue weighted by atomic mass is 16.5. The highest BCUT2D eigenvalue weighted by Crippen LogP contribution is 2.42. The van der Waals surface area contributed by atoms with Gasteiger partial charge in [0.25, 0.3) is 0 Å². The van der Waals surface area contributed by atoms with E-state index in [2.05, 4.69) is 11.4 Å². The fraction of sp³-hybridized carbons (Fsp3) is 0.909. The summed E-state index contributed by atoms with van der Waals surface area (Å²) in [6.07, 6.45) is 3.26. The van der Waals surface area contributed by atoms with Gasteiger partial charge >= 0.3 is 0 Å². The molecule has 2 rings (SSSR count). The summed E-state index contributed by atoms with van der Waals surface area (Å²) >= 11 is 0. The first-order valence-electron chi connectivity index (χ1n) is 5.65. The Hall–Kier alpha value is -0.630. The van der Waals surface area contributed by atoms with Gasteiger partial charge in [0.2, 0.25) is 0 Å². The molecule has 0 aromatic heterocycles. The number of hydrogen-bond donors (Lipinski definition) is 2. The molecular formula is C11H18N2O2. The molecule has 84 valence electrons. The lowest BCUT2D eigenvalue weighted by Gasteiger charge is -2.46.